The van der Waals surface area contributed by atoms with Crippen molar-refractivity contribution in [3.05, 3.63) is 33.8 Å². The Balaban J connectivity index is 2.48. The zero-order valence-electron chi connectivity index (χ0n) is 10.0. The molecule has 1 aromatic carbocycles. The fourth-order valence-corrected chi connectivity index (χ4v) is 2.63. The van der Waals surface area contributed by atoms with Gasteiger partial charge in [-0.15, -0.1) is 0 Å². The van der Waals surface area contributed by atoms with E-state index in [-0.39, 0.29) is 12.0 Å². The van der Waals surface area contributed by atoms with Crippen LogP contribution in [0.4, 0.5) is 0 Å². The van der Waals surface area contributed by atoms with Gasteiger partial charge in [0.05, 0.1) is 12.2 Å². The van der Waals surface area contributed by atoms with Crippen LogP contribution in [0, 0.1) is 0 Å². The second-order valence-electron chi connectivity index (χ2n) is 4.13. The van der Waals surface area contributed by atoms with Crippen molar-refractivity contribution in [3.8, 4) is 0 Å². The molecule has 92 valence electrons. The molecule has 1 aliphatic heterocycles. The quantitative estimate of drug-likeness (QED) is 0.824. The van der Waals surface area contributed by atoms with Gasteiger partial charge in [0.25, 0.3) is 0 Å². The molecule has 17 heavy (non-hydrogen) atoms. The second-order valence-corrected chi connectivity index (χ2v) is 4.54. The molecule has 4 heteroatoms. The van der Waals surface area contributed by atoms with Crippen LogP contribution in [0.3, 0.4) is 0 Å². The van der Waals surface area contributed by atoms with Crippen LogP contribution < -0.4 is 5.32 Å². The maximum Gasteiger partial charge on any atom is 0.338 e. The summed E-state index contributed by atoms with van der Waals surface area (Å²) in [7, 11) is 0. The van der Waals surface area contributed by atoms with E-state index in [4.69, 9.17) is 16.3 Å². The van der Waals surface area contributed by atoms with Gasteiger partial charge in [-0.25, -0.2) is 4.79 Å². The summed E-state index contributed by atoms with van der Waals surface area (Å²) in [5, 5.41) is 4.06. The number of hydrogen-bond acceptors (Lipinski definition) is 3. The minimum atomic E-state index is -0.255. The first kappa shape index (κ1) is 12.4. The van der Waals surface area contributed by atoms with Gasteiger partial charge in [-0.2, -0.15) is 0 Å². The molecule has 2 rings (SSSR count). The van der Waals surface area contributed by atoms with E-state index in [1.54, 1.807) is 12.1 Å². The number of carbonyl (C=O) groups is 1. The zero-order chi connectivity index (χ0) is 12.4. The van der Waals surface area contributed by atoms with E-state index in [2.05, 4.69) is 12.2 Å². The van der Waals surface area contributed by atoms with Crippen LogP contribution in [0.1, 0.15) is 41.4 Å². The Morgan fingerprint density at radius 2 is 2.35 bits per heavy atom. The first-order valence-electron chi connectivity index (χ1n) is 5.87. The molecule has 3 nitrogen and oxygen atoms in total. The number of rotatable bonds is 2. The summed E-state index contributed by atoms with van der Waals surface area (Å²) in [5.74, 6) is -0.255. The number of carbonyl (C=O) groups excluding carboxylic acids is 1. The molecular weight excluding hydrogens is 238 g/mol. The van der Waals surface area contributed by atoms with E-state index in [1.807, 2.05) is 6.92 Å². The number of esters is 1. The maximum atomic E-state index is 11.8. The zero-order valence-corrected chi connectivity index (χ0v) is 10.8. The molecule has 1 atom stereocenters. The summed E-state index contributed by atoms with van der Waals surface area (Å²) in [5.41, 5.74) is 2.71. The lowest BCUT2D eigenvalue weighted by Crippen LogP contribution is -2.29. The Labute approximate surface area is 106 Å². The lowest BCUT2D eigenvalue weighted by molar-refractivity contribution is 0.0524. The van der Waals surface area contributed by atoms with Crippen molar-refractivity contribution in [1.29, 1.82) is 0 Å². The third kappa shape index (κ3) is 2.31. The molecule has 1 unspecified atom stereocenters. The summed E-state index contributed by atoms with van der Waals surface area (Å²) in [4.78, 5) is 11.8. The van der Waals surface area contributed by atoms with Gasteiger partial charge < -0.3 is 10.1 Å². The number of nitrogens with one attached hydrogen (secondary N) is 1. The number of hydrogen-bond donors (Lipinski definition) is 1. The largest absolute Gasteiger partial charge is 0.462 e. The van der Waals surface area contributed by atoms with E-state index < -0.39 is 0 Å². The smallest absolute Gasteiger partial charge is 0.338 e. The van der Waals surface area contributed by atoms with Crippen molar-refractivity contribution in [1.82, 2.24) is 5.32 Å². The van der Waals surface area contributed by atoms with E-state index in [0.29, 0.717) is 17.2 Å². The highest BCUT2D eigenvalue weighted by Gasteiger charge is 2.24. The first-order valence-corrected chi connectivity index (χ1v) is 6.24. The summed E-state index contributed by atoms with van der Waals surface area (Å²) < 4.78 is 5.07. The van der Waals surface area contributed by atoms with Crippen molar-refractivity contribution in [2.45, 2.75) is 26.3 Å². The van der Waals surface area contributed by atoms with E-state index in [9.17, 15) is 4.79 Å². The summed E-state index contributed by atoms with van der Waals surface area (Å²) >= 11 is 6.20. The summed E-state index contributed by atoms with van der Waals surface area (Å²) in [6.07, 6.45) is 0.814. The molecule has 0 bridgehead atoms. The summed E-state index contributed by atoms with van der Waals surface area (Å²) in [6, 6.07) is 3.72. The number of ether oxygens (including phenoxy) is 1. The number of fused-ring (bicyclic) bond motifs is 1. The molecule has 0 spiro atoms. The van der Waals surface area contributed by atoms with Gasteiger partial charge >= 0.3 is 5.97 Å². The first-order chi connectivity index (χ1) is 8.15. The van der Waals surface area contributed by atoms with Crippen LogP contribution >= 0.6 is 11.6 Å². The topological polar surface area (TPSA) is 38.3 Å². The average molecular weight is 254 g/mol. The molecule has 0 radical (unpaired) electrons. The van der Waals surface area contributed by atoms with Crippen LogP contribution in [0.15, 0.2) is 12.1 Å². The van der Waals surface area contributed by atoms with Crippen LogP contribution in [0.2, 0.25) is 5.02 Å². The lowest BCUT2D eigenvalue weighted by Gasteiger charge is -2.26. The molecule has 1 aromatic rings. The lowest BCUT2D eigenvalue weighted by atomic mass is 9.91. The molecule has 1 N–H and O–H groups in total. The molecule has 1 aliphatic rings. The molecule has 0 saturated heterocycles. The third-order valence-corrected chi connectivity index (χ3v) is 3.39. The standard InChI is InChI=1S/C13H16ClNO2/c1-3-17-13(16)10-4-5-11(14)12-8(2)15-7-6-9(10)12/h4-5,8,15H,3,6-7H2,1-2H3. The Hall–Kier alpha value is -1.06. The Bertz CT molecular complexity index is 445. The molecule has 0 aliphatic carbocycles. The highest BCUT2D eigenvalue weighted by Crippen LogP contribution is 2.32. The molecule has 0 amide bonds. The molecule has 0 fully saturated rings. The predicted molar refractivity (Wildman–Crippen MR) is 67.5 cm³/mol. The van der Waals surface area contributed by atoms with Gasteiger partial charge in [-0.05, 0) is 50.1 Å². The average Bonchev–Trinajstić information content (AvgIpc) is 2.29. The highest BCUT2D eigenvalue weighted by molar-refractivity contribution is 6.31. The molecular formula is C13H16ClNO2. The van der Waals surface area contributed by atoms with Crippen molar-refractivity contribution in [2.75, 3.05) is 13.2 Å². The Morgan fingerprint density at radius 3 is 3.06 bits per heavy atom. The van der Waals surface area contributed by atoms with Gasteiger partial charge in [0.2, 0.25) is 0 Å². The number of benzene rings is 1. The van der Waals surface area contributed by atoms with E-state index in [1.165, 1.54) is 0 Å². The summed E-state index contributed by atoms with van der Waals surface area (Å²) in [6.45, 7) is 5.12. The van der Waals surface area contributed by atoms with Crippen LogP contribution in [0.5, 0.6) is 0 Å². The van der Waals surface area contributed by atoms with Gasteiger partial charge in [0.15, 0.2) is 0 Å². The van der Waals surface area contributed by atoms with Crippen molar-refractivity contribution in [2.24, 2.45) is 0 Å². The molecule has 1 heterocycles. The molecule has 0 saturated carbocycles. The van der Waals surface area contributed by atoms with E-state index in [0.717, 1.165) is 24.1 Å². The fraction of sp³-hybridized carbons (Fsp3) is 0.462. The SMILES string of the molecule is CCOC(=O)c1ccc(Cl)c2c1CCNC2C. The minimum absolute atomic E-state index is 0.181. The van der Waals surface area contributed by atoms with Crippen molar-refractivity contribution >= 4 is 17.6 Å². The monoisotopic (exact) mass is 253 g/mol. The highest BCUT2D eigenvalue weighted by atomic mass is 35.5. The maximum absolute atomic E-state index is 11.8. The number of halogens is 1. The van der Waals surface area contributed by atoms with Gasteiger partial charge in [-0.3, -0.25) is 0 Å². The predicted octanol–water partition coefficient (Wildman–Crippen LogP) is 2.72. The van der Waals surface area contributed by atoms with Gasteiger partial charge in [0.1, 0.15) is 0 Å². The second kappa shape index (κ2) is 5.07. The van der Waals surface area contributed by atoms with Crippen molar-refractivity contribution in [3.63, 3.8) is 0 Å². The van der Waals surface area contributed by atoms with Crippen LogP contribution in [0.25, 0.3) is 0 Å². The van der Waals surface area contributed by atoms with Crippen LogP contribution in [-0.4, -0.2) is 19.1 Å². The Kier molecular flexibility index (Phi) is 3.69. The Morgan fingerprint density at radius 1 is 1.59 bits per heavy atom. The van der Waals surface area contributed by atoms with Crippen molar-refractivity contribution < 1.29 is 9.53 Å². The molecule has 0 aromatic heterocycles. The third-order valence-electron chi connectivity index (χ3n) is 3.06. The van der Waals surface area contributed by atoms with E-state index >= 15 is 0 Å². The fourth-order valence-electron chi connectivity index (χ4n) is 2.29. The normalized spacial score (nSPS) is 18.6. The van der Waals surface area contributed by atoms with Crippen LogP contribution in [-0.2, 0) is 11.2 Å². The minimum Gasteiger partial charge on any atom is -0.462 e. The van der Waals surface area contributed by atoms with Gasteiger partial charge in [0, 0.05) is 11.1 Å². The van der Waals surface area contributed by atoms with Gasteiger partial charge in [-0.1, -0.05) is 11.6 Å².